The van der Waals surface area contributed by atoms with Crippen LogP contribution in [0.15, 0.2) is 0 Å². The molecule has 0 fully saturated rings. The van der Waals surface area contributed by atoms with Crippen LogP contribution < -0.4 is 5.09 Å². The van der Waals surface area contributed by atoms with Crippen LogP contribution in [-0.4, -0.2) is 19.1 Å². The first kappa shape index (κ1) is 12.6. The van der Waals surface area contributed by atoms with Crippen molar-refractivity contribution in [3.05, 3.63) is 0 Å². The van der Waals surface area contributed by atoms with Gasteiger partial charge in [-0.3, -0.25) is 18.9 Å². The summed E-state index contributed by atoms with van der Waals surface area (Å²) in [5.74, 6) is -0.342. The van der Waals surface area contributed by atoms with Gasteiger partial charge < -0.3 is 0 Å². The van der Waals surface area contributed by atoms with Crippen molar-refractivity contribution in [3.8, 4) is 0 Å². The summed E-state index contributed by atoms with van der Waals surface area (Å²) in [7, 11) is -3.39. The van der Waals surface area contributed by atoms with E-state index in [4.69, 9.17) is 9.05 Å². The van der Waals surface area contributed by atoms with E-state index >= 15 is 0 Å². The molecule has 6 heteroatoms. The monoisotopic (exact) mass is 209 g/mol. The lowest BCUT2D eigenvalue weighted by Gasteiger charge is -2.16. The molecule has 0 unspecified atom stereocenters. The Balaban J connectivity index is 4.23. The third-order valence-electron chi connectivity index (χ3n) is 1.18. The fraction of sp³-hybridized carbons (Fsp3) is 0.857. The molecule has 0 atom stereocenters. The second-order valence-electron chi connectivity index (χ2n) is 2.22. The summed E-state index contributed by atoms with van der Waals surface area (Å²) in [6, 6.07) is 0. The number of hydrogen-bond donors (Lipinski definition) is 1. The first-order valence-electron chi connectivity index (χ1n) is 4.28. The zero-order chi connectivity index (χ0) is 10.3. The molecular formula is C7H16NO4P. The Labute approximate surface area is 78.4 Å². The first-order chi connectivity index (χ1) is 6.08. The maximum absolute atomic E-state index is 11.6. The van der Waals surface area contributed by atoms with E-state index in [-0.39, 0.29) is 25.5 Å². The normalized spacial score (nSPS) is 11.3. The lowest BCUT2D eigenvalue weighted by Crippen LogP contribution is -2.21. The highest BCUT2D eigenvalue weighted by Gasteiger charge is 2.25. The number of amides is 1. The van der Waals surface area contributed by atoms with E-state index in [0.717, 1.165) is 0 Å². The van der Waals surface area contributed by atoms with Crippen molar-refractivity contribution >= 4 is 13.7 Å². The SMILES string of the molecule is CCOP(=O)(NC(=O)CC)OCC. The minimum Gasteiger partial charge on any atom is -0.293 e. The molecule has 0 aliphatic heterocycles. The summed E-state index contributed by atoms with van der Waals surface area (Å²) < 4.78 is 21.3. The first-order valence-corrected chi connectivity index (χ1v) is 5.82. The Bertz CT molecular complexity index is 197. The second-order valence-corrected chi connectivity index (χ2v) is 3.96. The van der Waals surface area contributed by atoms with E-state index in [0.29, 0.717) is 0 Å². The third-order valence-corrected chi connectivity index (χ3v) is 2.90. The van der Waals surface area contributed by atoms with Gasteiger partial charge in [0.1, 0.15) is 0 Å². The molecule has 1 N–H and O–H groups in total. The van der Waals surface area contributed by atoms with Crippen molar-refractivity contribution in [2.45, 2.75) is 27.2 Å². The summed E-state index contributed by atoms with van der Waals surface area (Å²) in [5.41, 5.74) is 0. The van der Waals surface area contributed by atoms with Crippen LogP contribution in [0.2, 0.25) is 0 Å². The number of carbonyl (C=O) groups excluding carboxylic acids is 1. The molecule has 0 aromatic carbocycles. The van der Waals surface area contributed by atoms with Crippen molar-refractivity contribution in [2.24, 2.45) is 0 Å². The van der Waals surface area contributed by atoms with Gasteiger partial charge in [0, 0.05) is 6.42 Å². The minimum atomic E-state index is -3.39. The number of carbonyl (C=O) groups is 1. The van der Waals surface area contributed by atoms with Gasteiger partial charge in [-0.1, -0.05) is 6.92 Å². The summed E-state index contributed by atoms with van der Waals surface area (Å²) in [5, 5.41) is 2.22. The number of hydrogen-bond acceptors (Lipinski definition) is 4. The highest BCUT2D eigenvalue weighted by Crippen LogP contribution is 2.43. The molecule has 0 aliphatic rings. The molecule has 0 aliphatic carbocycles. The van der Waals surface area contributed by atoms with Crippen molar-refractivity contribution in [1.29, 1.82) is 0 Å². The lowest BCUT2D eigenvalue weighted by molar-refractivity contribution is -0.119. The van der Waals surface area contributed by atoms with E-state index in [1.165, 1.54) is 0 Å². The van der Waals surface area contributed by atoms with Crippen molar-refractivity contribution in [1.82, 2.24) is 5.09 Å². The Hall–Kier alpha value is -0.380. The highest BCUT2D eigenvalue weighted by molar-refractivity contribution is 7.52. The molecule has 0 saturated heterocycles. The Morgan fingerprint density at radius 2 is 1.69 bits per heavy atom. The van der Waals surface area contributed by atoms with Gasteiger partial charge >= 0.3 is 7.75 Å². The summed E-state index contributed by atoms with van der Waals surface area (Å²) in [6.07, 6.45) is 0.254. The average Bonchev–Trinajstić information content (AvgIpc) is 2.04. The molecule has 0 rings (SSSR count). The van der Waals surface area contributed by atoms with E-state index in [2.05, 4.69) is 5.09 Å². The van der Waals surface area contributed by atoms with Crippen LogP contribution in [-0.2, 0) is 18.4 Å². The van der Waals surface area contributed by atoms with Crippen molar-refractivity contribution in [2.75, 3.05) is 13.2 Å². The van der Waals surface area contributed by atoms with E-state index in [1.807, 2.05) is 0 Å². The average molecular weight is 209 g/mol. The van der Waals surface area contributed by atoms with Crippen molar-refractivity contribution in [3.63, 3.8) is 0 Å². The smallest absolute Gasteiger partial charge is 0.293 e. The summed E-state index contributed by atoms with van der Waals surface area (Å²) in [4.78, 5) is 10.9. The highest BCUT2D eigenvalue weighted by atomic mass is 31.2. The molecule has 0 saturated carbocycles. The molecular weight excluding hydrogens is 193 g/mol. The molecule has 0 radical (unpaired) electrons. The van der Waals surface area contributed by atoms with Gasteiger partial charge in [-0.25, -0.2) is 4.57 Å². The van der Waals surface area contributed by atoms with Crippen LogP contribution in [0, 0.1) is 0 Å². The van der Waals surface area contributed by atoms with Crippen LogP contribution in [0.25, 0.3) is 0 Å². The van der Waals surface area contributed by atoms with Gasteiger partial charge in [0.15, 0.2) is 0 Å². The predicted octanol–water partition coefficient (Wildman–Crippen LogP) is 1.69. The van der Waals surface area contributed by atoms with E-state index in [9.17, 15) is 9.36 Å². The van der Waals surface area contributed by atoms with Gasteiger partial charge in [-0.15, -0.1) is 0 Å². The third kappa shape index (κ3) is 5.03. The molecule has 5 nitrogen and oxygen atoms in total. The zero-order valence-electron chi connectivity index (χ0n) is 8.20. The maximum atomic E-state index is 11.6. The van der Waals surface area contributed by atoms with Gasteiger partial charge in [0.2, 0.25) is 5.91 Å². The van der Waals surface area contributed by atoms with Crippen LogP contribution in [0.3, 0.4) is 0 Å². The van der Waals surface area contributed by atoms with Crippen LogP contribution >= 0.6 is 7.75 Å². The quantitative estimate of drug-likeness (QED) is 0.676. The summed E-state index contributed by atoms with van der Waals surface area (Å²) in [6.45, 7) is 5.51. The molecule has 0 aromatic heterocycles. The van der Waals surface area contributed by atoms with Gasteiger partial charge in [-0.05, 0) is 13.8 Å². The van der Waals surface area contributed by atoms with Crippen molar-refractivity contribution < 1.29 is 18.4 Å². The van der Waals surface area contributed by atoms with Gasteiger partial charge in [0.25, 0.3) is 0 Å². The Morgan fingerprint density at radius 3 is 2.00 bits per heavy atom. The molecule has 0 heterocycles. The van der Waals surface area contributed by atoms with E-state index < -0.39 is 7.75 Å². The summed E-state index contributed by atoms with van der Waals surface area (Å²) >= 11 is 0. The Kier molecular flexibility index (Phi) is 5.95. The van der Waals surface area contributed by atoms with Gasteiger partial charge in [0.05, 0.1) is 13.2 Å². The molecule has 78 valence electrons. The topological polar surface area (TPSA) is 64.6 Å². The zero-order valence-corrected chi connectivity index (χ0v) is 9.10. The van der Waals surface area contributed by atoms with Crippen LogP contribution in [0.4, 0.5) is 0 Å². The second kappa shape index (κ2) is 6.13. The molecule has 1 amide bonds. The van der Waals surface area contributed by atoms with Crippen LogP contribution in [0.1, 0.15) is 27.2 Å². The van der Waals surface area contributed by atoms with Crippen LogP contribution in [0.5, 0.6) is 0 Å². The van der Waals surface area contributed by atoms with Gasteiger partial charge in [-0.2, -0.15) is 0 Å². The molecule has 13 heavy (non-hydrogen) atoms. The molecule has 0 bridgehead atoms. The molecule has 0 aromatic rings. The minimum absolute atomic E-state index is 0.237. The largest absolute Gasteiger partial charge is 0.434 e. The lowest BCUT2D eigenvalue weighted by atomic mass is 10.5. The maximum Gasteiger partial charge on any atom is 0.434 e. The number of nitrogens with one attached hydrogen (secondary N) is 1. The standard InChI is InChI=1S/C7H16NO4P/c1-4-7(9)8-13(10,11-5-2)12-6-3/h4-6H2,1-3H3,(H,8,9,10). The predicted molar refractivity (Wildman–Crippen MR) is 49.3 cm³/mol. The fourth-order valence-corrected chi connectivity index (χ4v) is 2.02. The molecule has 0 spiro atoms. The fourth-order valence-electron chi connectivity index (χ4n) is 0.674. The van der Waals surface area contributed by atoms with E-state index in [1.54, 1.807) is 20.8 Å². The number of rotatable bonds is 6. The Morgan fingerprint density at radius 1 is 1.23 bits per heavy atom.